The van der Waals surface area contributed by atoms with Crippen LogP contribution in [0.25, 0.3) is 11.3 Å². The first-order valence-electron chi connectivity index (χ1n) is 7.92. The minimum absolute atomic E-state index is 0. The van der Waals surface area contributed by atoms with Crippen LogP contribution in [-0.4, -0.2) is 13.0 Å². The van der Waals surface area contributed by atoms with E-state index >= 15 is 0 Å². The van der Waals surface area contributed by atoms with Gasteiger partial charge in [0.15, 0.2) is 4.80 Å². The maximum Gasteiger partial charge on any atom is 0.239 e. The highest BCUT2D eigenvalue weighted by molar-refractivity contribution is 8.93. The van der Waals surface area contributed by atoms with Gasteiger partial charge < -0.3 is 4.57 Å². The zero-order chi connectivity index (χ0) is 18.9. The SMILES string of the molecule is Br.CCn1c(-c2ccc(Cl)c(S(N)(=O)=O)c2)csc1=Nc1ccc(C)cc1. The molecule has 0 unspecified atom stereocenters. The molecule has 0 saturated heterocycles. The van der Waals surface area contributed by atoms with E-state index in [1.807, 2.05) is 48.1 Å². The lowest BCUT2D eigenvalue weighted by Gasteiger charge is -2.09. The first-order chi connectivity index (χ1) is 12.3. The molecular weight excluding hydrogens is 470 g/mol. The summed E-state index contributed by atoms with van der Waals surface area (Å²) in [7, 11) is -3.89. The molecule has 0 atom stereocenters. The molecule has 27 heavy (non-hydrogen) atoms. The number of benzene rings is 2. The zero-order valence-electron chi connectivity index (χ0n) is 14.7. The molecule has 0 amide bonds. The average molecular weight is 489 g/mol. The summed E-state index contributed by atoms with van der Waals surface area (Å²) >= 11 is 7.48. The fraction of sp³-hybridized carbons (Fsp3) is 0.167. The van der Waals surface area contributed by atoms with Gasteiger partial charge in [0.25, 0.3) is 0 Å². The van der Waals surface area contributed by atoms with Crippen molar-refractivity contribution in [2.24, 2.45) is 10.1 Å². The lowest BCUT2D eigenvalue weighted by Crippen LogP contribution is -2.15. The topological polar surface area (TPSA) is 77.5 Å². The number of hydrogen-bond donors (Lipinski definition) is 1. The standard InChI is InChI=1S/C18H18ClN3O2S2.BrH/c1-3-22-16(13-6-9-15(19)17(10-13)26(20,23)24)11-25-18(22)21-14-7-4-12(2)5-8-14;/h4-11H,3H2,1-2H3,(H2,20,23,24);1H. The van der Waals surface area contributed by atoms with E-state index in [1.54, 1.807) is 12.1 Å². The van der Waals surface area contributed by atoms with Crippen LogP contribution in [0, 0.1) is 6.92 Å². The van der Waals surface area contributed by atoms with E-state index in [0.29, 0.717) is 6.54 Å². The van der Waals surface area contributed by atoms with Gasteiger partial charge in [-0.25, -0.2) is 18.5 Å². The number of sulfonamides is 1. The summed E-state index contributed by atoms with van der Waals surface area (Å²) in [4.78, 5) is 5.45. The van der Waals surface area contributed by atoms with Crippen LogP contribution in [0.5, 0.6) is 0 Å². The molecule has 144 valence electrons. The summed E-state index contributed by atoms with van der Waals surface area (Å²) in [5.74, 6) is 0. The Morgan fingerprint density at radius 1 is 1.19 bits per heavy atom. The number of aromatic nitrogens is 1. The van der Waals surface area contributed by atoms with Crippen LogP contribution in [0.4, 0.5) is 5.69 Å². The quantitative estimate of drug-likeness (QED) is 0.580. The van der Waals surface area contributed by atoms with Gasteiger partial charge in [-0.3, -0.25) is 0 Å². The number of hydrogen-bond acceptors (Lipinski definition) is 4. The van der Waals surface area contributed by atoms with Crippen molar-refractivity contribution in [3.63, 3.8) is 0 Å². The molecule has 1 heterocycles. The summed E-state index contributed by atoms with van der Waals surface area (Å²) in [6.45, 7) is 4.74. The van der Waals surface area contributed by atoms with Crippen molar-refractivity contribution in [2.75, 3.05) is 0 Å². The predicted molar refractivity (Wildman–Crippen MR) is 117 cm³/mol. The monoisotopic (exact) mass is 487 g/mol. The van der Waals surface area contributed by atoms with Crippen molar-refractivity contribution in [1.82, 2.24) is 4.57 Å². The highest BCUT2D eigenvalue weighted by atomic mass is 79.9. The lowest BCUT2D eigenvalue weighted by molar-refractivity contribution is 0.598. The molecule has 9 heteroatoms. The fourth-order valence-electron chi connectivity index (χ4n) is 2.57. The van der Waals surface area contributed by atoms with E-state index in [-0.39, 0.29) is 26.9 Å². The predicted octanol–water partition coefficient (Wildman–Crippen LogP) is 4.66. The third-order valence-electron chi connectivity index (χ3n) is 3.91. The summed E-state index contributed by atoms with van der Waals surface area (Å²) in [6.07, 6.45) is 0. The van der Waals surface area contributed by atoms with Gasteiger partial charge in [-0.1, -0.05) is 35.4 Å². The van der Waals surface area contributed by atoms with E-state index < -0.39 is 10.0 Å². The van der Waals surface area contributed by atoms with Crippen molar-refractivity contribution >= 4 is 55.6 Å². The van der Waals surface area contributed by atoms with Gasteiger partial charge in [0, 0.05) is 17.5 Å². The lowest BCUT2D eigenvalue weighted by atomic mass is 10.2. The Bertz CT molecular complexity index is 1120. The van der Waals surface area contributed by atoms with Gasteiger partial charge in [0.1, 0.15) is 4.90 Å². The molecule has 3 aromatic rings. The number of halogens is 2. The molecule has 0 aliphatic rings. The van der Waals surface area contributed by atoms with Crippen molar-refractivity contribution in [2.45, 2.75) is 25.3 Å². The Morgan fingerprint density at radius 3 is 2.44 bits per heavy atom. The number of rotatable bonds is 4. The third kappa shape index (κ3) is 4.89. The molecule has 0 aliphatic heterocycles. The summed E-state index contributed by atoms with van der Waals surface area (Å²) in [5, 5.41) is 7.32. The van der Waals surface area contributed by atoms with E-state index in [9.17, 15) is 8.42 Å². The molecular formula is C18H19BrClN3O2S2. The van der Waals surface area contributed by atoms with E-state index in [4.69, 9.17) is 21.7 Å². The van der Waals surface area contributed by atoms with Crippen LogP contribution < -0.4 is 9.94 Å². The van der Waals surface area contributed by atoms with Crippen LogP contribution in [0.3, 0.4) is 0 Å². The van der Waals surface area contributed by atoms with E-state index in [2.05, 4.69) is 0 Å². The minimum atomic E-state index is -3.89. The van der Waals surface area contributed by atoms with E-state index in [1.165, 1.54) is 23.0 Å². The molecule has 3 rings (SSSR count). The summed E-state index contributed by atoms with van der Waals surface area (Å²) < 4.78 is 25.5. The summed E-state index contributed by atoms with van der Waals surface area (Å²) in [6, 6.07) is 12.8. The van der Waals surface area contributed by atoms with Crippen LogP contribution in [-0.2, 0) is 16.6 Å². The second-order valence-electron chi connectivity index (χ2n) is 5.79. The van der Waals surface area contributed by atoms with E-state index in [0.717, 1.165) is 21.7 Å². The molecule has 5 nitrogen and oxygen atoms in total. The van der Waals surface area contributed by atoms with Crippen LogP contribution in [0.15, 0.2) is 57.7 Å². The highest BCUT2D eigenvalue weighted by Gasteiger charge is 2.16. The number of primary sulfonamides is 1. The Hall–Kier alpha value is -1.45. The maximum absolute atomic E-state index is 11.7. The number of aryl methyl sites for hydroxylation is 1. The Morgan fingerprint density at radius 2 is 1.85 bits per heavy atom. The van der Waals surface area contributed by atoms with Gasteiger partial charge in [0.2, 0.25) is 10.0 Å². The molecule has 1 aromatic heterocycles. The summed E-state index contributed by atoms with van der Waals surface area (Å²) in [5.41, 5.74) is 3.63. The normalized spacial score (nSPS) is 12.1. The van der Waals surface area contributed by atoms with Gasteiger partial charge in [0.05, 0.1) is 16.4 Å². The molecule has 2 aromatic carbocycles. The molecule has 0 bridgehead atoms. The van der Waals surface area contributed by atoms with Gasteiger partial charge in [-0.2, -0.15) is 0 Å². The maximum atomic E-state index is 11.7. The largest absolute Gasteiger partial charge is 0.317 e. The van der Waals surface area contributed by atoms with Crippen LogP contribution in [0.2, 0.25) is 5.02 Å². The van der Waals surface area contributed by atoms with Crippen LogP contribution >= 0.6 is 39.9 Å². The van der Waals surface area contributed by atoms with Crippen molar-refractivity contribution in [3.8, 4) is 11.3 Å². The molecule has 2 N–H and O–H groups in total. The van der Waals surface area contributed by atoms with Crippen molar-refractivity contribution in [3.05, 3.63) is 63.2 Å². The number of thiazole rings is 1. The second-order valence-corrected chi connectivity index (χ2v) is 8.56. The Kier molecular flexibility index (Phi) is 7.04. The average Bonchev–Trinajstić information content (AvgIpc) is 2.99. The Balaban J connectivity index is 0.00000261. The fourth-order valence-corrected chi connectivity index (χ4v) is 4.63. The first-order valence-corrected chi connectivity index (χ1v) is 10.7. The molecule has 0 aliphatic carbocycles. The second kappa shape index (κ2) is 8.70. The number of nitrogens with zero attached hydrogens (tertiary/aromatic N) is 2. The molecule has 0 saturated carbocycles. The minimum Gasteiger partial charge on any atom is -0.317 e. The van der Waals surface area contributed by atoms with Gasteiger partial charge in [-0.15, -0.1) is 28.3 Å². The van der Waals surface area contributed by atoms with Crippen LogP contribution in [0.1, 0.15) is 12.5 Å². The molecule has 0 radical (unpaired) electrons. The smallest absolute Gasteiger partial charge is 0.239 e. The first kappa shape index (κ1) is 21.8. The molecule has 0 spiro atoms. The Labute approximate surface area is 178 Å². The van der Waals surface area contributed by atoms with Crippen molar-refractivity contribution in [1.29, 1.82) is 0 Å². The molecule has 0 fully saturated rings. The van der Waals surface area contributed by atoms with Crippen molar-refractivity contribution < 1.29 is 8.42 Å². The highest BCUT2D eigenvalue weighted by Crippen LogP contribution is 2.28. The van der Waals surface area contributed by atoms with Gasteiger partial charge >= 0.3 is 0 Å². The third-order valence-corrected chi connectivity index (χ3v) is 6.16. The number of nitrogens with two attached hydrogens (primary N) is 1. The zero-order valence-corrected chi connectivity index (χ0v) is 18.8. The van der Waals surface area contributed by atoms with Gasteiger partial charge in [-0.05, 0) is 38.1 Å².